The summed E-state index contributed by atoms with van der Waals surface area (Å²) in [5.74, 6) is 1.86. The number of thioether (sulfide) groups is 1. The molecule has 6 nitrogen and oxygen atoms in total. The number of hydrogen-bond donors (Lipinski definition) is 2. The van der Waals surface area contributed by atoms with Crippen LogP contribution in [-0.2, 0) is 6.54 Å². The highest BCUT2D eigenvalue weighted by atomic mass is 127. The Bertz CT molecular complexity index is 500. The average Bonchev–Trinajstić information content (AvgIpc) is 2.52. The Hall–Kier alpha value is -1.03. The van der Waals surface area contributed by atoms with E-state index in [1.54, 1.807) is 18.2 Å². The maximum absolute atomic E-state index is 11.0. The quantitative estimate of drug-likeness (QED) is 0.150. The van der Waals surface area contributed by atoms with Crippen molar-refractivity contribution in [3.05, 3.63) is 39.9 Å². The Morgan fingerprint density at radius 2 is 2.04 bits per heavy atom. The molecule has 0 saturated heterocycles. The SMILES string of the molecule is CCNC(=NCc1ccccc1[N+](=O)[O-])NCCCCSC.I. The largest absolute Gasteiger partial charge is 0.357 e. The monoisotopic (exact) mass is 452 g/mol. The summed E-state index contributed by atoms with van der Waals surface area (Å²) in [7, 11) is 0. The van der Waals surface area contributed by atoms with Gasteiger partial charge in [0.2, 0.25) is 0 Å². The van der Waals surface area contributed by atoms with E-state index in [-0.39, 0.29) is 41.1 Å². The molecule has 1 aromatic carbocycles. The summed E-state index contributed by atoms with van der Waals surface area (Å²) in [5, 5.41) is 17.4. The van der Waals surface area contributed by atoms with E-state index in [1.165, 1.54) is 6.07 Å². The van der Waals surface area contributed by atoms with Crippen molar-refractivity contribution in [1.29, 1.82) is 0 Å². The van der Waals surface area contributed by atoms with Crippen LogP contribution in [0.5, 0.6) is 0 Å². The van der Waals surface area contributed by atoms with Crippen molar-refractivity contribution >= 4 is 47.4 Å². The number of nitro benzene ring substituents is 1. The first kappa shape index (κ1) is 22.0. The molecule has 23 heavy (non-hydrogen) atoms. The summed E-state index contributed by atoms with van der Waals surface area (Å²) in [6.45, 7) is 3.89. The third-order valence-corrected chi connectivity index (χ3v) is 3.70. The summed E-state index contributed by atoms with van der Waals surface area (Å²) in [6.07, 6.45) is 4.35. The van der Waals surface area contributed by atoms with Crippen molar-refractivity contribution in [2.24, 2.45) is 4.99 Å². The second-order valence-corrected chi connectivity index (χ2v) is 5.69. The number of halogens is 1. The topological polar surface area (TPSA) is 79.6 Å². The molecule has 0 aromatic heterocycles. The van der Waals surface area contributed by atoms with Crippen LogP contribution in [0.15, 0.2) is 29.3 Å². The van der Waals surface area contributed by atoms with Gasteiger partial charge in [0.25, 0.3) is 5.69 Å². The minimum atomic E-state index is -0.367. The van der Waals surface area contributed by atoms with E-state index in [9.17, 15) is 10.1 Å². The molecule has 0 aliphatic carbocycles. The molecule has 0 bridgehead atoms. The van der Waals surface area contributed by atoms with Gasteiger partial charge >= 0.3 is 0 Å². The van der Waals surface area contributed by atoms with Crippen LogP contribution in [0.2, 0.25) is 0 Å². The normalized spacial score (nSPS) is 10.8. The highest BCUT2D eigenvalue weighted by molar-refractivity contribution is 14.0. The lowest BCUT2D eigenvalue weighted by atomic mass is 10.2. The number of benzene rings is 1. The molecule has 0 amide bonds. The van der Waals surface area contributed by atoms with Crippen LogP contribution in [0.1, 0.15) is 25.3 Å². The van der Waals surface area contributed by atoms with E-state index in [2.05, 4.69) is 21.9 Å². The van der Waals surface area contributed by atoms with Gasteiger partial charge in [-0.05, 0) is 31.8 Å². The summed E-state index contributed by atoms with van der Waals surface area (Å²) in [6, 6.07) is 6.71. The van der Waals surface area contributed by atoms with Crippen molar-refractivity contribution in [3.8, 4) is 0 Å². The Balaban J connectivity index is 0.00000484. The van der Waals surface area contributed by atoms with Crippen molar-refractivity contribution < 1.29 is 4.92 Å². The minimum Gasteiger partial charge on any atom is -0.357 e. The molecule has 1 rings (SSSR count). The lowest BCUT2D eigenvalue weighted by Gasteiger charge is -2.11. The average molecular weight is 452 g/mol. The maximum atomic E-state index is 11.0. The van der Waals surface area contributed by atoms with Gasteiger partial charge in [0.15, 0.2) is 5.96 Å². The van der Waals surface area contributed by atoms with Gasteiger partial charge in [-0.3, -0.25) is 10.1 Å². The zero-order chi connectivity index (χ0) is 16.2. The van der Waals surface area contributed by atoms with E-state index in [4.69, 9.17) is 0 Å². The van der Waals surface area contributed by atoms with Gasteiger partial charge in [-0.15, -0.1) is 24.0 Å². The zero-order valence-electron chi connectivity index (χ0n) is 13.6. The summed E-state index contributed by atoms with van der Waals surface area (Å²) >= 11 is 1.85. The lowest BCUT2D eigenvalue weighted by Crippen LogP contribution is -2.37. The number of para-hydroxylation sites is 1. The number of nitrogens with one attached hydrogen (secondary N) is 2. The van der Waals surface area contributed by atoms with Crippen LogP contribution in [0.3, 0.4) is 0 Å². The van der Waals surface area contributed by atoms with Crippen LogP contribution >= 0.6 is 35.7 Å². The summed E-state index contributed by atoms with van der Waals surface area (Å²) in [5.41, 5.74) is 0.731. The molecule has 1 aromatic rings. The molecule has 0 fully saturated rings. The molecule has 0 saturated carbocycles. The number of hydrogen-bond acceptors (Lipinski definition) is 4. The molecule has 0 heterocycles. The number of guanidine groups is 1. The van der Waals surface area contributed by atoms with Gasteiger partial charge < -0.3 is 10.6 Å². The molecule has 130 valence electrons. The first-order chi connectivity index (χ1) is 10.7. The molecular weight excluding hydrogens is 427 g/mol. The predicted molar refractivity (Wildman–Crippen MR) is 109 cm³/mol. The van der Waals surface area contributed by atoms with Gasteiger partial charge in [0, 0.05) is 19.2 Å². The van der Waals surface area contributed by atoms with Crippen LogP contribution in [-0.4, -0.2) is 36.0 Å². The second-order valence-electron chi connectivity index (χ2n) is 4.71. The van der Waals surface area contributed by atoms with E-state index in [1.807, 2.05) is 18.7 Å². The van der Waals surface area contributed by atoms with E-state index >= 15 is 0 Å². The Morgan fingerprint density at radius 3 is 2.70 bits per heavy atom. The highest BCUT2D eigenvalue weighted by Gasteiger charge is 2.11. The third-order valence-electron chi connectivity index (χ3n) is 3.01. The number of unbranched alkanes of at least 4 members (excludes halogenated alkanes) is 1. The van der Waals surface area contributed by atoms with Gasteiger partial charge in [0.1, 0.15) is 0 Å². The van der Waals surface area contributed by atoms with E-state index < -0.39 is 0 Å². The Kier molecular flexibility index (Phi) is 12.8. The van der Waals surface area contributed by atoms with Crippen LogP contribution in [0.4, 0.5) is 5.69 Å². The lowest BCUT2D eigenvalue weighted by molar-refractivity contribution is -0.385. The number of nitro groups is 1. The molecular formula is C15H25IN4O2S. The molecule has 0 aliphatic rings. The molecule has 0 radical (unpaired) electrons. The first-order valence-corrected chi connectivity index (χ1v) is 8.81. The second kappa shape index (κ2) is 13.4. The van der Waals surface area contributed by atoms with Crippen molar-refractivity contribution in [2.75, 3.05) is 25.1 Å². The standard InChI is InChI=1S/C15H24N4O2S.HI/c1-3-16-15(17-10-6-7-11-22-2)18-12-13-8-4-5-9-14(13)19(20)21;/h4-5,8-9H,3,6-7,10-12H2,1-2H3,(H2,16,17,18);1H. The number of nitrogens with zero attached hydrogens (tertiary/aromatic N) is 2. The van der Waals surface area contributed by atoms with Crippen molar-refractivity contribution in [3.63, 3.8) is 0 Å². The highest BCUT2D eigenvalue weighted by Crippen LogP contribution is 2.18. The maximum Gasteiger partial charge on any atom is 0.274 e. The zero-order valence-corrected chi connectivity index (χ0v) is 16.7. The Morgan fingerprint density at radius 1 is 1.30 bits per heavy atom. The molecule has 8 heteroatoms. The smallest absolute Gasteiger partial charge is 0.274 e. The summed E-state index contributed by atoms with van der Waals surface area (Å²) < 4.78 is 0. The van der Waals surface area contributed by atoms with E-state index in [0.717, 1.165) is 31.7 Å². The molecule has 0 spiro atoms. The molecule has 0 atom stereocenters. The molecule has 2 N–H and O–H groups in total. The third kappa shape index (κ3) is 8.99. The number of aliphatic imine (C=N–C) groups is 1. The van der Waals surface area contributed by atoms with E-state index in [0.29, 0.717) is 11.5 Å². The van der Waals surface area contributed by atoms with Crippen LogP contribution in [0, 0.1) is 10.1 Å². The fraction of sp³-hybridized carbons (Fsp3) is 0.533. The first-order valence-electron chi connectivity index (χ1n) is 7.42. The molecule has 0 aliphatic heterocycles. The van der Waals surface area contributed by atoms with Gasteiger partial charge in [-0.25, -0.2) is 4.99 Å². The number of rotatable bonds is 9. The van der Waals surface area contributed by atoms with Gasteiger partial charge in [-0.1, -0.05) is 18.2 Å². The van der Waals surface area contributed by atoms with Crippen LogP contribution < -0.4 is 10.6 Å². The fourth-order valence-corrected chi connectivity index (χ4v) is 2.40. The van der Waals surface area contributed by atoms with Crippen LogP contribution in [0.25, 0.3) is 0 Å². The van der Waals surface area contributed by atoms with Gasteiger partial charge in [-0.2, -0.15) is 11.8 Å². The predicted octanol–water partition coefficient (Wildman–Crippen LogP) is 3.41. The minimum absolute atomic E-state index is 0. The molecule has 0 unspecified atom stereocenters. The van der Waals surface area contributed by atoms with Gasteiger partial charge in [0.05, 0.1) is 17.0 Å². The Labute approximate surface area is 159 Å². The van der Waals surface area contributed by atoms with Crippen molar-refractivity contribution in [1.82, 2.24) is 10.6 Å². The summed E-state index contributed by atoms with van der Waals surface area (Å²) in [4.78, 5) is 15.1. The van der Waals surface area contributed by atoms with Crippen molar-refractivity contribution in [2.45, 2.75) is 26.3 Å². The fourth-order valence-electron chi connectivity index (χ4n) is 1.91.